The van der Waals surface area contributed by atoms with Gasteiger partial charge in [0.1, 0.15) is 5.76 Å². The van der Waals surface area contributed by atoms with Gasteiger partial charge >= 0.3 is 5.97 Å². The van der Waals surface area contributed by atoms with Crippen LogP contribution in [0.15, 0.2) is 16.5 Å². The third-order valence-corrected chi connectivity index (χ3v) is 1.94. The Kier molecular flexibility index (Phi) is 4.53. The molecule has 0 aliphatic heterocycles. The van der Waals surface area contributed by atoms with Crippen LogP contribution < -0.4 is 11.1 Å². The summed E-state index contributed by atoms with van der Waals surface area (Å²) in [5.41, 5.74) is 5.33. The zero-order valence-corrected chi connectivity index (χ0v) is 8.73. The molecule has 4 N–H and O–H groups in total. The third kappa shape index (κ3) is 3.74. The number of amides is 1. The maximum atomic E-state index is 11.4. The summed E-state index contributed by atoms with van der Waals surface area (Å²) in [5, 5.41) is 10.9. The summed E-state index contributed by atoms with van der Waals surface area (Å²) in [6.07, 6.45) is 0.429. The van der Waals surface area contributed by atoms with E-state index in [-0.39, 0.29) is 24.6 Å². The highest BCUT2D eigenvalue weighted by Crippen LogP contribution is 2.06. The average Bonchev–Trinajstić information content (AvgIpc) is 2.72. The summed E-state index contributed by atoms with van der Waals surface area (Å²) in [6.45, 7) is 0.552. The van der Waals surface area contributed by atoms with E-state index in [1.165, 1.54) is 6.07 Å². The second-order valence-electron chi connectivity index (χ2n) is 3.22. The number of rotatable bonds is 6. The number of carboxylic acid groups (broad SMARTS) is 1. The lowest BCUT2D eigenvalue weighted by atomic mass is 10.3. The maximum absolute atomic E-state index is 11.4. The predicted octanol–water partition coefficient (Wildman–Crippen LogP) is 0.333. The van der Waals surface area contributed by atoms with Crippen molar-refractivity contribution < 1.29 is 19.1 Å². The highest BCUT2D eigenvalue weighted by molar-refractivity contribution is 5.91. The number of carbonyl (C=O) groups is 2. The van der Waals surface area contributed by atoms with Crippen molar-refractivity contribution in [2.24, 2.45) is 5.73 Å². The van der Waals surface area contributed by atoms with Crippen molar-refractivity contribution in [3.8, 4) is 0 Å². The molecule has 0 aromatic carbocycles. The number of furan rings is 1. The Morgan fingerprint density at radius 1 is 1.44 bits per heavy atom. The first kappa shape index (κ1) is 12.3. The number of carbonyl (C=O) groups excluding carboxylic acids is 1. The molecule has 0 unspecified atom stereocenters. The summed E-state index contributed by atoms with van der Waals surface area (Å²) >= 11 is 0. The Labute approximate surface area is 92.4 Å². The SMILES string of the molecule is NCc1ccc(C(=O)NCCCC(=O)O)o1. The minimum atomic E-state index is -0.877. The van der Waals surface area contributed by atoms with Gasteiger partial charge in [-0.1, -0.05) is 0 Å². The predicted molar refractivity (Wildman–Crippen MR) is 55.8 cm³/mol. The third-order valence-electron chi connectivity index (χ3n) is 1.94. The highest BCUT2D eigenvalue weighted by Gasteiger charge is 2.09. The standard InChI is InChI=1S/C10H14N2O4/c11-6-7-3-4-8(16-7)10(15)12-5-1-2-9(13)14/h3-4H,1-2,5-6,11H2,(H,12,15)(H,13,14). The molecule has 0 saturated heterocycles. The number of hydrogen-bond acceptors (Lipinski definition) is 4. The van der Waals surface area contributed by atoms with Crippen molar-refractivity contribution in [2.45, 2.75) is 19.4 Å². The van der Waals surface area contributed by atoms with Crippen molar-refractivity contribution in [1.82, 2.24) is 5.32 Å². The highest BCUT2D eigenvalue weighted by atomic mass is 16.4. The molecule has 0 spiro atoms. The molecule has 1 amide bonds. The molecule has 0 saturated carbocycles. The first-order chi connectivity index (χ1) is 7.63. The fourth-order valence-corrected chi connectivity index (χ4v) is 1.14. The second kappa shape index (κ2) is 5.92. The molecule has 1 aromatic rings. The van der Waals surface area contributed by atoms with Crippen LogP contribution in [0.1, 0.15) is 29.2 Å². The number of aliphatic carboxylic acids is 1. The minimum absolute atomic E-state index is 0.0342. The van der Waals surface area contributed by atoms with Gasteiger partial charge in [0.2, 0.25) is 0 Å². The van der Waals surface area contributed by atoms with E-state index in [0.29, 0.717) is 18.7 Å². The van der Waals surface area contributed by atoms with Crippen molar-refractivity contribution in [1.29, 1.82) is 0 Å². The van der Waals surface area contributed by atoms with Crippen LogP contribution in [0.25, 0.3) is 0 Å². The van der Waals surface area contributed by atoms with E-state index in [2.05, 4.69) is 5.32 Å². The Hall–Kier alpha value is -1.82. The Bertz CT molecular complexity index is 373. The largest absolute Gasteiger partial charge is 0.481 e. The van der Waals surface area contributed by atoms with E-state index >= 15 is 0 Å². The van der Waals surface area contributed by atoms with Gasteiger partial charge < -0.3 is 20.6 Å². The Morgan fingerprint density at radius 3 is 2.75 bits per heavy atom. The lowest BCUT2D eigenvalue weighted by Gasteiger charge is -2.01. The average molecular weight is 226 g/mol. The van der Waals surface area contributed by atoms with Crippen molar-refractivity contribution in [2.75, 3.05) is 6.54 Å². The molecule has 6 nitrogen and oxygen atoms in total. The summed E-state index contributed by atoms with van der Waals surface area (Å²) < 4.78 is 5.12. The van der Waals surface area contributed by atoms with Crippen LogP contribution in [0.4, 0.5) is 0 Å². The summed E-state index contributed by atoms with van der Waals surface area (Å²) in [6, 6.07) is 3.17. The zero-order chi connectivity index (χ0) is 12.0. The molecule has 0 aliphatic rings. The van der Waals surface area contributed by atoms with Gasteiger partial charge in [0.05, 0.1) is 6.54 Å². The van der Waals surface area contributed by atoms with E-state index in [1.807, 2.05) is 0 Å². The lowest BCUT2D eigenvalue weighted by Crippen LogP contribution is -2.24. The summed E-state index contributed by atoms with van der Waals surface area (Å²) in [5.74, 6) is -0.505. The number of nitrogens with one attached hydrogen (secondary N) is 1. The van der Waals surface area contributed by atoms with E-state index in [9.17, 15) is 9.59 Å². The van der Waals surface area contributed by atoms with Crippen LogP contribution in [0.2, 0.25) is 0 Å². The number of nitrogens with two attached hydrogens (primary N) is 1. The van der Waals surface area contributed by atoms with Gasteiger partial charge in [-0.05, 0) is 18.6 Å². The van der Waals surface area contributed by atoms with Crippen LogP contribution >= 0.6 is 0 Å². The van der Waals surface area contributed by atoms with E-state index < -0.39 is 5.97 Å². The van der Waals surface area contributed by atoms with Crippen LogP contribution in [0.5, 0.6) is 0 Å². The van der Waals surface area contributed by atoms with E-state index in [1.54, 1.807) is 6.07 Å². The first-order valence-electron chi connectivity index (χ1n) is 4.92. The van der Waals surface area contributed by atoms with Crippen molar-refractivity contribution in [3.63, 3.8) is 0 Å². The molecule has 1 heterocycles. The summed E-state index contributed by atoms with van der Waals surface area (Å²) in [7, 11) is 0. The molecule has 0 atom stereocenters. The second-order valence-corrected chi connectivity index (χ2v) is 3.22. The molecule has 1 aromatic heterocycles. The fourth-order valence-electron chi connectivity index (χ4n) is 1.14. The van der Waals surface area contributed by atoms with Crippen LogP contribution in [-0.2, 0) is 11.3 Å². The van der Waals surface area contributed by atoms with Crippen molar-refractivity contribution in [3.05, 3.63) is 23.7 Å². The molecule has 0 aliphatic carbocycles. The van der Waals surface area contributed by atoms with Crippen molar-refractivity contribution >= 4 is 11.9 Å². The van der Waals surface area contributed by atoms with Crippen LogP contribution in [0, 0.1) is 0 Å². The molecule has 1 rings (SSSR count). The van der Waals surface area contributed by atoms with Crippen LogP contribution in [0.3, 0.4) is 0 Å². The van der Waals surface area contributed by atoms with Gasteiger partial charge in [-0.2, -0.15) is 0 Å². The minimum Gasteiger partial charge on any atom is -0.481 e. The number of hydrogen-bond donors (Lipinski definition) is 3. The quantitative estimate of drug-likeness (QED) is 0.606. The van der Waals surface area contributed by atoms with Gasteiger partial charge in [0.15, 0.2) is 5.76 Å². The summed E-state index contributed by atoms with van der Waals surface area (Å²) in [4.78, 5) is 21.6. The van der Waals surface area contributed by atoms with Gasteiger partial charge in [0.25, 0.3) is 5.91 Å². The Balaban J connectivity index is 2.32. The molecule has 0 radical (unpaired) electrons. The van der Waals surface area contributed by atoms with Gasteiger partial charge in [-0.15, -0.1) is 0 Å². The lowest BCUT2D eigenvalue weighted by molar-refractivity contribution is -0.137. The van der Waals surface area contributed by atoms with Gasteiger partial charge in [-0.25, -0.2) is 0 Å². The normalized spacial score (nSPS) is 10.1. The van der Waals surface area contributed by atoms with E-state index in [4.69, 9.17) is 15.3 Å². The molecule has 0 fully saturated rings. The number of carboxylic acids is 1. The monoisotopic (exact) mass is 226 g/mol. The molecular weight excluding hydrogens is 212 g/mol. The molecular formula is C10H14N2O4. The molecule has 0 bridgehead atoms. The smallest absolute Gasteiger partial charge is 0.303 e. The van der Waals surface area contributed by atoms with E-state index in [0.717, 1.165) is 0 Å². The van der Waals surface area contributed by atoms with Gasteiger partial charge in [-0.3, -0.25) is 9.59 Å². The molecule has 16 heavy (non-hydrogen) atoms. The first-order valence-corrected chi connectivity index (χ1v) is 4.92. The Morgan fingerprint density at radius 2 is 2.19 bits per heavy atom. The van der Waals surface area contributed by atoms with Gasteiger partial charge in [0, 0.05) is 13.0 Å². The fraction of sp³-hybridized carbons (Fsp3) is 0.400. The molecule has 6 heteroatoms. The maximum Gasteiger partial charge on any atom is 0.303 e. The zero-order valence-electron chi connectivity index (χ0n) is 8.73. The molecule has 88 valence electrons. The van der Waals surface area contributed by atoms with Crippen LogP contribution in [-0.4, -0.2) is 23.5 Å². The topological polar surface area (TPSA) is 106 Å².